The maximum Gasteiger partial charge on any atom is 0.296 e. The van der Waals surface area contributed by atoms with Crippen molar-refractivity contribution in [3.8, 4) is 17.2 Å². The average Bonchev–Trinajstić information content (AvgIpc) is 3.70. The second kappa shape index (κ2) is 11.3. The molecule has 218 valence electrons. The van der Waals surface area contributed by atoms with Crippen molar-refractivity contribution in [3.05, 3.63) is 102 Å². The summed E-state index contributed by atoms with van der Waals surface area (Å²) >= 11 is 1.30. The Bertz CT molecular complexity index is 1940. The lowest BCUT2D eigenvalue weighted by molar-refractivity contribution is -0.117. The first-order chi connectivity index (χ1) is 20.8. The third-order valence-electron chi connectivity index (χ3n) is 7.08. The maximum absolute atomic E-state index is 14.2. The Morgan fingerprint density at radius 1 is 1.12 bits per heavy atom. The number of fused-ring (bicyclic) bond motifs is 2. The van der Waals surface area contributed by atoms with Gasteiger partial charge in [0.05, 0.1) is 35.5 Å². The molecule has 1 aliphatic heterocycles. The van der Waals surface area contributed by atoms with Crippen molar-refractivity contribution in [2.75, 3.05) is 25.2 Å². The lowest BCUT2D eigenvalue weighted by atomic mass is 9.95. The zero-order valence-electron chi connectivity index (χ0n) is 23.7. The number of aryl methyl sites for hydroxylation is 1. The van der Waals surface area contributed by atoms with Gasteiger partial charge in [0.1, 0.15) is 6.61 Å². The van der Waals surface area contributed by atoms with E-state index in [9.17, 15) is 14.7 Å². The monoisotopic (exact) mass is 596 g/mol. The smallest absolute Gasteiger partial charge is 0.296 e. The van der Waals surface area contributed by atoms with Crippen molar-refractivity contribution >= 4 is 49.3 Å². The van der Waals surface area contributed by atoms with Crippen LogP contribution in [0, 0.1) is 6.92 Å². The number of Topliss-reactive ketones (excluding diaryl/α,β-unsaturated/α-hetero) is 1. The van der Waals surface area contributed by atoms with Gasteiger partial charge in [0, 0.05) is 5.39 Å². The van der Waals surface area contributed by atoms with Crippen LogP contribution in [0.15, 0.2) is 89.1 Å². The largest absolute Gasteiger partial charge is 0.503 e. The summed E-state index contributed by atoms with van der Waals surface area (Å²) in [5.41, 5.74) is 2.50. The molecule has 6 rings (SSSR count). The molecule has 0 radical (unpaired) electrons. The maximum atomic E-state index is 14.2. The Labute approximate surface area is 251 Å². The number of benzene rings is 3. The molecule has 1 amide bonds. The van der Waals surface area contributed by atoms with E-state index in [1.165, 1.54) is 23.3 Å². The van der Waals surface area contributed by atoms with Crippen LogP contribution in [0.4, 0.5) is 5.13 Å². The summed E-state index contributed by atoms with van der Waals surface area (Å²) in [4.78, 5) is 34.0. The van der Waals surface area contributed by atoms with Crippen molar-refractivity contribution < 1.29 is 33.3 Å². The van der Waals surface area contributed by atoms with Gasteiger partial charge in [-0.05, 0) is 61.4 Å². The molecule has 1 atom stereocenters. The van der Waals surface area contributed by atoms with Crippen molar-refractivity contribution in [1.82, 2.24) is 4.98 Å². The number of carbonyl (C=O) groups is 2. The number of aliphatic hydroxyl groups is 1. The number of nitrogens with zero attached hydrogens (tertiary/aromatic N) is 2. The van der Waals surface area contributed by atoms with Gasteiger partial charge < -0.3 is 23.7 Å². The average molecular weight is 597 g/mol. The molecular weight excluding hydrogens is 568 g/mol. The fourth-order valence-corrected chi connectivity index (χ4v) is 6.24. The minimum absolute atomic E-state index is 0.0448. The molecule has 0 fully saturated rings. The number of furan rings is 1. The summed E-state index contributed by atoms with van der Waals surface area (Å²) in [5, 5.41) is 12.3. The van der Waals surface area contributed by atoms with Crippen LogP contribution >= 0.6 is 11.3 Å². The Morgan fingerprint density at radius 2 is 1.95 bits per heavy atom. The number of ketones is 1. The second-order valence-corrected chi connectivity index (χ2v) is 10.9. The number of hydrogen-bond donors (Lipinski definition) is 1. The molecule has 0 saturated heterocycles. The van der Waals surface area contributed by atoms with E-state index >= 15 is 0 Å². The number of ether oxygens (including phenoxy) is 3. The molecule has 0 saturated carbocycles. The number of amides is 1. The molecule has 1 aliphatic rings. The van der Waals surface area contributed by atoms with Gasteiger partial charge >= 0.3 is 0 Å². The number of para-hydroxylation sites is 1. The van der Waals surface area contributed by atoms with Crippen LogP contribution in [0.1, 0.15) is 34.6 Å². The highest BCUT2D eigenvalue weighted by molar-refractivity contribution is 7.22. The zero-order valence-corrected chi connectivity index (χ0v) is 24.6. The number of thiazole rings is 1. The molecule has 1 N–H and O–H groups in total. The van der Waals surface area contributed by atoms with Crippen molar-refractivity contribution in [1.29, 1.82) is 0 Å². The van der Waals surface area contributed by atoms with Crippen LogP contribution in [0.3, 0.4) is 0 Å². The minimum Gasteiger partial charge on any atom is -0.503 e. The predicted molar refractivity (Wildman–Crippen MR) is 165 cm³/mol. The molecule has 0 spiro atoms. The van der Waals surface area contributed by atoms with E-state index < -0.39 is 23.5 Å². The highest BCUT2D eigenvalue weighted by atomic mass is 32.1. The molecule has 10 heteroatoms. The summed E-state index contributed by atoms with van der Waals surface area (Å²) in [5.74, 6) is -0.763. The third kappa shape index (κ3) is 4.89. The van der Waals surface area contributed by atoms with Gasteiger partial charge in [-0.15, -0.1) is 0 Å². The second-order valence-electron chi connectivity index (χ2n) is 9.86. The van der Waals surface area contributed by atoms with E-state index in [-0.39, 0.29) is 17.9 Å². The number of methoxy groups -OCH3 is 1. The lowest BCUT2D eigenvalue weighted by Gasteiger charge is -2.25. The van der Waals surface area contributed by atoms with Crippen molar-refractivity contribution in [3.63, 3.8) is 0 Å². The zero-order chi connectivity index (χ0) is 30.2. The minimum atomic E-state index is -1.04. The van der Waals surface area contributed by atoms with Crippen LogP contribution in [-0.2, 0) is 4.79 Å². The Hall–Kier alpha value is -5.09. The normalized spacial score (nSPS) is 15.0. The first-order valence-corrected chi connectivity index (χ1v) is 14.4. The number of aliphatic hydroxyl groups excluding tert-OH is 1. The SMILES string of the molecule is C=CCOc1ccc(C2C(C(=O)c3cc4cccc(OC)c4o3)=C(O)C(=O)N2c2nc3ccc(C)cc3s2)cc1OCC. The molecule has 0 aliphatic carbocycles. The standard InChI is InChI=1S/C33H28N2O7S/c1-5-14-41-22-13-11-19(16-24(22)40-6-2)28-27(29(36)25-17-20-8-7-9-23(39-4)31(20)42-25)30(37)32(38)35(28)33-34-21-12-10-18(3)15-26(21)43-33/h5,7-13,15-17,28,37H,1,6,14H2,2-4H3. The molecule has 9 nitrogen and oxygen atoms in total. The molecule has 0 bridgehead atoms. The van der Waals surface area contributed by atoms with Gasteiger partial charge in [0.15, 0.2) is 39.5 Å². The van der Waals surface area contributed by atoms with E-state index in [4.69, 9.17) is 23.6 Å². The van der Waals surface area contributed by atoms with E-state index in [0.717, 1.165) is 10.3 Å². The molecule has 5 aromatic rings. The number of aromatic nitrogens is 1. The lowest BCUT2D eigenvalue weighted by Crippen LogP contribution is -2.31. The van der Waals surface area contributed by atoms with Gasteiger partial charge in [0.2, 0.25) is 5.78 Å². The van der Waals surface area contributed by atoms with Crippen LogP contribution in [0.25, 0.3) is 21.2 Å². The van der Waals surface area contributed by atoms with Crippen LogP contribution in [0.5, 0.6) is 17.2 Å². The summed E-state index contributed by atoms with van der Waals surface area (Å²) in [6, 6.07) is 16.8. The fourth-order valence-electron chi connectivity index (χ4n) is 5.15. The topological polar surface area (TPSA) is 111 Å². The molecule has 3 aromatic carbocycles. The molecule has 3 heterocycles. The predicted octanol–water partition coefficient (Wildman–Crippen LogP) is 7.11. The van der Waals surface area contributed by atoms with Gasteiger partial charge in [-0.1, -0.05) is 48.3 Å². The van der Waals surface area contributed by atoms with E-state index in [2.05, 4.69) is 6.58 Å². The molecule has 43 heavy (non-hydrogen) atoms. The number of hydrogen-bond acceptors (Lipinski definition) is 9. The number of anilines is 1. The summed E-state index contributed by atoms with van der Waals surface area (Å²) < 4.78 is 23.8. The number of carbonyl (C=O) groups excluding carboxylic acids is 2. The summed E-state index contributed by atoms with van der Waals surface area (Å²) in [6.07, 6.45) is 1.62. The highest BCUT2D eigenvalue weighted by Gasteiger charge is 2.47. The third-order valence-corrected chi connectivity index (χ3v) is 8.10. The first-order valence-electron chi connectivity index (χ1n) is 13.6. The van der Waals surface area contributed by atoms with Gasteiger partial charge in [-0.25, -0.2) is 4.98 Å². The van der Waals surface area contributed by atoms with Crippen LogP contribution < -0.4 is 19.1 Å². The Morgan fingerprint density at radius 3 is 2.72 bits per heavy atom. The molecular formula is C33H28N2O7S. The van der Waals surface area contributed by atoms with Gasteiger partial charge in [-0.2, -0.15) is 0 Å². The number of rotatable bonds is 10. The first kappa shape index (κ1) is 28.0. The van der Waals surface area contributed by atoms with Crippen molar-refractivity contribution in [2.24, 2.45) is 0 Å². The van der Waals surface area contributed by atoms with Crippen LogP contribution in [0.2, 0.25) is 0 Å². The van der Waals surface area contributed by atoms with Crippen LogP contribution in [-0.4, -0.2) is 42.1 Å². The molecule has 2 aromatic heterocycles. The van der Waals surface area contributed by atoms with E-state index in [0.29, 0.717) is 51.0 Å². The van der Waals surface area contributed by atoms with Gasteiger partial charge in [0.25, 0.3) is 5.91 Å². The van der Waals surface area contributed by atoms with Gasteiger partial charge in [-0.3, -0.25) is 14.5 Å². The Kier molecular flexibility index (Phi) is 7.37. The summed E-state index contributed by atoms with van der Waals surface area (Å²) in [6.45, 7) is 8.13. The summed E-state index contributed by atoms with van der Waals surface area (Å²) in [7, 11) is 1.51. The van der Waals surface area contributed by atoms with E-state index in [1.54, 1.807) is 48.5 Å². The Balaban J connectivity index is 1.52. The van der Waals surface area contributed by atoms with E-state index in [1.807, 2.05) is 32.0 Å². The fraction of sp³-hybridized carbons (Fsp3) is 0.182. The molecule has 1 unspecified atom stereocenters. The highest BCUT2D eigenvalue weighted by Crippen LogP contribution is 2.46. The quantitative estimate of drug-likeness (QED) is 0.134. The van der Waals surface area contributed by atoms with Crippen molar-refractivity contribution in [2.45, 2.75) is 19.9 Å².